The SMILES string of the molecule is CCc1cc(NC(=O)c2ccc([N+](=O)[O-])c(C)c2)n[nH]1. The van der Waals surface area contributed by atoms with E-state index in [4.69, 9.17) is 0 Å². The predicted octanol–water partition coefficient (Wildman–Crippen LogP) is 2.44. The van der Waals surface area contributed by atoms with Gasteiger partial charge in [0.1, 0.15) is 0 Å². The average molecular weight is 274 g/mol. The minimum Gasteiger partial charge on any atom is -0.305 e. The highest BCUT2D eigenvalue weighted by Crippen LogP contribution is 2.19. The molecule has 0 atom stereocenters. The molecule has 1 amide bonds. The number of benzene rings is 1. The van der Waals surface area contributed by atoms with Crippen molar-refractivity contribution in [2.75, 3.05) is 5.32 Å². The van der Waals surface area contributed by atoms with Crippen molar-refractivity contribution in [2.24, 2.45) is 0 Å². The van der Waals surface area contributed by atoms with Crippen molar-refractivity contribution in [3.05, 3.63) is 51.2 Å². The second-order valence-electron chi connectivity index (χ2n) is 4.34. The molecular formula is C13H14N4O3. The molecule has 0 bridgehead atoms. The van der Waals surface area contributed by atoms with E-state index >= 15 is 0 Å². The van der Waals surface area contributed by atoms with Crippen molar-refractivity contribution in [3.63, 3.8) is 0 Å². The first-order valence-electron chi connectivity index (χ1n) is 6.12. The number of amides is 1. The van der Waals surface area contributed by atoms with Crippen LogP contribution in [0.2, 0.25) is 0 Å². The Labute approximate surface area is 115 Å². The zero-order valence-corrected chi connectivity index (χ0v) is 11.1. The van der Waals surface area contributed by atoms with Crippen LogP contribution in [0.3, 0.4) is 0 Å². The van der Waals surface area contributed by atoms with Gasteiger partial charge < -0.3 is 5.32 Å². The molecule has 20 heavy (non-hydrogen) atoms. The number of carbonyl (C=O) groups excluding carboxylic acids is 1. The number of carbonyl (C=O) groups is 1. The first-order chi connectivity index (χ1) is 9.51. The van der Waals surface area contributed by atoms with Crippen molar-refractivity contribution in [3.8, 4) is 0 Å². The molecule has 0 saturated heterocycles. The number of H-pyrrole nitrogens is 1. The van der Waals surface area contributed by atoms with Crippen molar-refractivity contribution < 1.29 is 9.72 Å². The molecule has 0 saturated carbocycles. The fourth-order valence-electron chi connectivity index (χ4n) is 1.80. The maximum Gasteiger partial charge on any atom is 0.272 e. The number of nitrogens with zero attached hydrogens (tertiary/aromatic N) is 2. The van der Waals surface area contributed by atoms with Gasteiger partial charge in [-0.3, -0.25) is 20.0 Å². The molecule has 0 aliphatic carbocycles. The second kappa shape index (κ2) is 5.52. The van der Waals surface area contributed by atoms with Crippen molar-refractivity contribution in [1.82, 2.24) is 10.2 Å². The van der Waals surface area contributed by atoms with E-state index in [0.717, 1.165) is 12.1 Å². The van der Waals surface area contributed by atoms with Crippen LogP contribution in [-0.4, -0.2) is 21.0 Å². The minimum atomic E-state index is -0.474. The van der Waals surface area contributed by atoms with Crippen LogP contribution in [-0.2, 0) is 6.42 Å². The van der Waals surface area contributed by atoms with Gasteiger partial charge in [-0.2, -0.15) is 5.10 Å². The number of aromatic amines is 1. The number of aryl methyl sites for hydroxylation is 2. The standard InChI is InChI=1S/C13H14N4O3/c1-3-10-7-12(16-15-10)14-13(18)9-4-5-11(17(19)20)8(2)6-9/h4-7H,3H2,1-2H3,(H2,14,15,16,18). The zero-order chi connectivity index (χ0) is 14.7. The van der Waals surface area contributed by atoms with Gasteiger partial charge in [0.05, 0.1) is 4.92 Å². The molecule has 1 aromatic heterocycles. The summed E-state index contributed by atoms with van der Waals surface area (Å²) in [5.74, 6) is 0.0833. The Morgan fingerprint density at radius 2 is 2.20 bits per heavy atom. The first kappa shape index (κ1) is 13.7. The number of nitro groups is 1. The van der Waals surface area contributed by atoms with Crippen LogP contribution >= 0.6 is 0 Å². The van der Waals surface area contributed by atoms with Gasteiger partial charge in [0, 0.05) is 29.0 Å². The smallest absolute Gasteiger partial charge is 0.272 e. The topological polar surface area (TPSA) is 101 Å². The summed E-state index contributed by atoms with van der Waals surface area (Å²) in [6, 6.07) is 5.98. The van der Waals surface area contributed by atoms with Gasteiger partial charge in [0.25, 0.3) is 11.6 Å². The molecule has 0 radical (unpaired) electrons. The predicted molar refractivity (Wildman–Crippen MR) is 73.8 cm³/mol. The second-order valence-corrected chi connectivity index (χ2v) is 4.34. The largest absolute Gasteiger partial charge is 0.305 e. The summed E-state index contributed by atoms with van der Waals surface area (Å²) < 4.78 is 0. The summed E-state index contributed by atoms with van der Waals surface area (Å²) in [5, 5.41) is 20.1. The van der Waals surface area contributed by atoms with Crippen LogP contribution < -0.4 is 5.32 Å². The lowest BCUT2D eigenvalue weighted by Gasteiger charge is -2.03. The van der Waals surface area contributed by atoms with E-state index < -0.39 is 4.92 Å². The highest BCUT2D eigenvalue weighted by atomic mass is 16.6. The Kier molecular flexibility index (Phi) is 3.79. The van der Waals surface area contributed by atoms with Crippen LogP contribution in [0.25, 0.3) is 0 Å². The molecule has 0 fully saturated rings. The van der Waals surface area contributed by atoms with E-state index in [9.17, 15) is 14.9 Å². The van der Waals surface area contributed by atoms with Gasteiger partial charge >= 0.3 is 0 Å². The van der Waals surface area contributed by atoms with Crippen molar-refractivity contribution >= 4 is 17.4 Å². The maximum atomic E-state index is 12.0. The molecule has 0 spiro atoms. The highest BCUT2D eigenvalue weighted by Gasteiger charge is 2.14. The van der Waals surface area contributed by atoms with Crippen LogP contribution in [0.15, 0.2) is 24.3 Å². The average Bonchev–Trinajstić information content (AvgIpc) is 2.85. The first-order valence-corrected chi connectivity index (χ1v) is 6.12. The van der Waals surface area contributed by atoms with Gasteiger partial charge in [0.2, 0.25) is 0 Å². The highest BCUT2D eigenvalue weighted by molar-refractivity contribution is 6.04. The third kappa shape index (κ3) is 2.82. The quantitative estimate of drug-likeness (QED) is 0.660. The summed E-state index contributed by atoms with van der Waals surface area (Å²) in [5.41, 5.74) is 1.71. The lowest BCUT2D eigenvalue weighted by molar-refractivity contribution is -0.385. The maximum absolute atomic E-state index is 12.0. The third-order valence-electron chi connectivity index (χ3n) is 2.91. The Balaban J connectivity index is 2.17. The Hall–Kier alpha value is -2.70. The van der Waals surface area contributed by atoms with E-state index in [-0.39, 0.29) is 11.6 Å². The molecule has 1 heterocycles. The molecule has 0 unspecified atom stereocenters. The lowest BCUT2D eigenvalue weighted by Crippen LogP contribution is -2.12. The monoisotopic (exact) mass is 274 g/mol. The molecule has 0 aliphatic heterocycles. The molecule has 2 aromatic rings. The Morgan fingerprint density at radius 1 is 1.45 bits per heavy atom. The van der Waals surface area contributed by atoms with E-state index in [2.05, 4.69) is 15.5 Å². The summed E-state index contributed by atoms with van der Waals surface area (Å²) in [6.07, 6.45) is 0.791. The Morgan fingerprint density at radius 3 is 2.75 bits per heavy atom. The van der Waals surface area contributed by atoms with Gasteiger partial charge in [0.15, 0.2) is 5.82 Å². The van der Waals surface area contributed by atoms with E-state index in [1.165, 1.54) is 18.2 Å². The summed E-state index contributed by atoms with van der Waals surface area (Å²) >= 11 is 0. The molecule has 0 aliphatic rings. The number of nitrogens with one attached hydrogen (secondary N) is 2. The molecule has 2 N–H and O–H groups in total. The fourth-order valence-corrected chi connectivity index (χ4v) is 1.80. The minimum absolute atomic E-state index is 0.00501. The van der Waals surface area contributed by atoms with Gasteiger partial charge in [-0.05, 0) is 25.5 Å². The van der Waals surface area contributed by atoms with E-state index in [1.807, 2.05) is 6.92 Å². The number of anilines is 1. The van der Waals surface area contributed by atoms with Crippen molar-refractivity contribution in [1.29, 1.82) is 0 Å². The molecular weight excluding hydrogens is 260 g/mol. The molecule has 1 aromatic carbocycles. The number of rotatable bonds is 4. The summed E-state index contributed by atoms with van der Waals surface area (Å²) in [6.45, 7) is 3.57. The van der Waals surface area contributed by atoms with Crippen molar-refractivity contribution in [2.45, 2.75) is 20.3 Å². The number of hydrogen-bond acceptors (Lipinski definition) is 4. The third-order valence-corrected chi connectivity index (χ3v) is 2.91. The van der Waals surface area contributed by atoms with Crippen LogP contribution in [0, 0.1) is 17.0 Å². The van der Waals surface area contributed by atoms with Gasteiger partial charge in [-0.15, -0.1) is 0 Å². The van der Waals surface area contributed by atoms with E-state index in [1.54, 1.807) is 13.0 Å². The lowest BCUT2D eigenvalue weighted by atomic mass is 10.1. The fraction of sp³-hybridized carbons (Fsp3) is 0.231. The number of aromatic nitrogens is 2. The van der Waals surface area contributed by atoms with Crippen LogP contribution in [0.1, 0.15) is 28.5 Å². The number of hydrogen-bond donors (Lipinski definition) is 2. The zero-order valence-electron chi connectivity index (χ0n) is 11.1. The summed E-state index contributed by atoms with van der Waals surface area (Å²) in [4.78, 5) is 22.3. The van der Waals surface area contributed by atoms with Crippen LogP contribution in [0.4, 0.5) is 11.5 Å². The number of nitro benzene ring substituents is 1. The van der Waals surface area contributed by atoms with Crippen LogP contribution in [0.5, 0.6) is 0 Å². The Bertz CT molecular complexity index is 663. The summed E-state index contributed by atoms with van der Waals surface area (Å²) in [7, 11) is 0. The van der Waals surface area contributed by atoms with Gasteiger partial charge in [-0.1, -0.05) is 6.92 Å². The molecule has 2 rings (SSSR count). The van der Waals surface area contributed by atoms with E-state index in [0.29, 0.717) is 16.9 Å². The normalized spacial score (nSPS) is 10.3. The molecule has 7 nitrogen and oxygen atoms in total. The molecule has 7 heteroatoms. The van der Waals surface area contributed by atoms with Gasteiger partial charge in [-0.25, -0.2) is 0 Å². The molecule has 104 valence electrons.